The van der Waals surface area contributed by atoms with Crippen LogP contribution in [0.3, 0.4) is 0 Å². The Hall–Kier alpha value is -2.67. The van der Waals surface area contributed by atoms with E-state index in [1.54, 1.807) is 4.68 Å². The minimum Gasteiger partial charge on any atom is -0.325 e. The second kappa shape index (κ2) is 9.50. The molecule has 0 saturated heterocycles. The van der Waals surface area contributed by atoms with Gasteiger partial charge in [-0.25, -0.2) is 0 Å². The number of hydrogen-bond acceptors (Lipinski definition) is 5. The van der Waals surface area contributed by atoms with Gasteiger partial charge < -0.3 is 5.32 Å². The number of anilines is 1. The number of carbonyl (C=O) groups is 1. The van der Waals surface area contributed by atoms with E-state index in [9.17, 15) is 4.79 Å². The van der Waals surface area contributed by atoms with E-state index in [4.69, 9.17) is 0 Å². The third kappa shape index (κ3) is 5.19. The zero-order chi connectivity index (χ0) is 19.9. The molecule has 3 rings (SSSR count). The Bertz CT molecular complexity index is 936. The van der Waals surface area contributed by atoms with Crippen LogP contribution < -0.4 is 5.32 Å². The number of benzene rings is 2. The van der Waals surface area contributed by atoms with Gasteiger partial charge in [-0.3, -0.25) is 4.79 Å². The molecule has 0 radical (unpaired) electrons. The molecule has 0 unspecified atom stereocenters. The molecule has 1 heterocycles. The molecular weight excluding hydrogens is 370 g/mol. The SMILES string of the molecule is CCCCc1ccc(-n2nnnc2SCC(=O)Nc2ccc(C)cc2C)cc1. The van der Waals surface area contributed by atoms with Crippen LogP contribution in [0.15, 0.2) is 47.6 Å². The van der Waals surface area contributed by atoms with Crippen LogP contribution in [0.1, 0.15) is 36.5 Å². The van der Waals surface area contributed by atoms with Crippen molar-refractivity contribution >= 4 is 23.4 Å². The van der Waals surface area contributed by atoms with Crippen molar-refractivity contribution in [3.8, 4) is 5.69 Å². The van der Waals surface area contributed by atoms with Crippen molar-refractivity contribution in [3.05, 3.63) is 59.2 Å². The third-order valence-corrected chi connectivity index (χ3v) is 5.35. The Kier molecular flexibility index (Phi) is 6.81. The minimum atomic E-state index is -0.0820. The van der Waals surface area contributed by atoms with Crippen LogP contribution in [0.5, 0.6) is 0 Å². The maximum absolute atomic E-state index is 12.3. The molecule has 0 bridgehead atoms. The summed E-state index contributed by atoms with van der Waals surface area (Å²) >= 11 is 1.32. The number of hydrogen-bond donors (Lipinski definition) is 1. The number of amides is 1. The first kappa shape index (κ1) is 20.1. The largest absolute Gasteiger partial charge is 0.325 e. The summed E-state index contributed by atoms with van der Waals surface area (Å²) in [5.41, 5.74) is 5.25. The molecule has 3 aromatic rings. The van der Waals surface area contributed by atoms with Gasteiger partial charge in [-0.05, 0) is 66.4 Å². The van der Waals surface area contributed by atoms with Gasteiger partial charge in [0.25, 0.3) is 0 Å². The average Bonchev–Trinajstić information content (AvgIpc) is 3.16. The lowest BCUT2D eigenvalue weighted by molar-refractivity contribution is -0.113. The van der Waals surface area contributed by atoms with E-state index in [1.165, 1.54) is 35.7 Å². The molecule has 0 aliphatic carbocycles. The molecule has 1 N–H and O–H groups in total. The molecule has 2 aromatic carbocycles. The Morgan fingerprint density at radius 1 is 1.14 bits per heavy atom. The number of carbonyl (C=O) groups excluding carboxylic acids is 1. The normalized spacial score (nSPS) is 10.8. The standard InChI is InChI=1S/C21H25N5OS/c1-4-5-6-17-8-10-18(11-9-17)26-21(23-24-25-26)28-14-20(27)22-19-12-7-15(2)13-16(19)3/h7-13H,4-6,14H2,1-3H3,(H,22,27). The van der Waals surface area contributed by atoms with Crippen molar-refractivity contribution < 1.29 is 4.79 Å². The molecule has 0 aliphatic heterocycles. The first-order chi connectivity index (χ1) is 13.6. The minimum absolute atomic E-state index is 0.0820. The molecule has 6 nitrogen and oxygen atoms in total. The van der Waals surface area contributed by atoms with E-state index < -0.39 is 0 Å². The van der Waals surface area contributed by atoms with Crippen molar-refractivity contribution in [3.63, 3.8) is 0 Å². The summed E-state index contributed by atoms with van der Waals surface area (Å²) < 4.78 is 1.67. The Balaban J connectivity index is 1.61. The topological polar surface area (TPSA) is 72.7 Å². The summed E-state index contributed by atoms with van der Waals surface area (Å²) in [6.45, 7) is 6.21. The van der Waals surface area contributed by atoms with Crippen LogP contribution in [-0.2, 0) is 11.2 Å². The molecule has 0 fully saturated rings. The zero-order valence-electron chi connectivity index (χ0n) is 16.5. The van der Waals surface area contributed by atoms with Crippen LogP contribution >= 0.6 is 11.8 Å². The number of nitrogens with zero attached hydrogens (tertiary/aromatic N) is 4. The number of unbranched alkanes of at least 4 members (excludes halogenated alkanes) is 1. The Morgan fingerprint density at radius 3 is 2.64 bits per heavy atom. The molecule has 28 heavy (non-hydrogen) atoms. The molecule has 0 spiro atoms. The predicted octanol–water partition coefficient (Wildman–Crippen LogP) is 4.35. The van der Waals surface area contributed by atoms with Crippen LogP contribution in [0, 0.1) is 13.8 Å². The molecule has 146 valence electrons. The van der Waals surface area contributed by atoms with E-state index >= 15 is 0 Å². The highest BCUT2D eigenvalue weighted by Crippen LogP contribution is 2.20. The molecule has 0 saturated carbocycles. The van der Waals surface area contributed by atoms with E-state index in [2.05, 4.69) is 39.9 Å². The number of tetrazole rings is 1. The van der Waals surface area contributed by atoms with Crippen LogP contribution in [0.2, 0.25) is 0 Å². The lowest BCUT2D eigenvalue weighted by Crippen LogP contribution is -2.15. The summed E-state index contributed by atoms with van der Waals surface area (Å²) in [5, 5.41) is 15.4. The number of aryl methyl sites for hydroxylation is 3. The maximum Gasteiger partial charge on any atom is 0.234 e. The van der Waals surface area contributed by atoms with Crippen LogP contribution in [0.4, 0.5) is 5.69 Å². The third-order valence-electron chi connectivity index (χ3n) is 4.43. The maximum atomic E-state index is 12.3. The average molecular weight is 396 g/mol. The van der Waals surface area contributed by atoms with Crippen molar-refractivity contribution in [1.29, 1.82) is 0 Å². The van der Waals surface area contributed by atoms with Gasteiger partial charge in [0.15, 0.2) is 0 Å². The lowest BCUT2D eigenvalue weighted by atomic mass is 10.1. The van der Waals surface area contributed by atoms with Crippen LogP contribution in [0.25, 0.3) is 5.69 Å². The Morgan fingerprint density at radius 2 is 1.93 bits per heavy atom. The zero-order valence-corrected chi connectivity index (χ0v) is 17.3. The molecule has 0 aliphatic rings. The predicted molar refractivity (Wildman–Crippen MR) is 113 cm³/mol. The molecule has 1 aromatic heterocycles. The fourth-order valence-corrected chi connectivity index (χ4v) is 3.58. The number of aromatic nitrogens is 4. The molecular formula is C21H25N5OS. The number of thioether (sulfide) groups is 1. The van der Waals surface area contributed by atoms with E-state index in [0.29, 0.717) is 5.16 Å². The highest BCUT2D eigenvalue weighted by atomic mass is 32.2. The van der Waals surface area contributed by atoms with Gasteiger partial charge in [0.2, 0.25) is 11.1 Å². The fraction of sp³-hybridized carbons (Fsp3) is 0.333. The van der Waals surface area contributed by atoms with E-state index in [1.807, 2.05) is 44.2 Å². The van der Waals surface area contributed by atoms with Crippen molar-refractivity contribution in [2.75, 3.05) is 11.1 Å². The number of rotatable bonds is 8. The lowest BCUT2D eigenvalue weighted by Gasteiger charge is -2.09. The summed E-state index contributed by atoms with van der Waals surface area (Å²) in [6, 6.07) is 14.2. The van der Waals surface area contributed by atoms with Gasteiger partial charge in [-0.2, -0.15) is 4.68 Å². The molecule has 7 heteroatoms. The van der Waals surface area contributed by atoms with Crippen LogP contribution in [-0.4, -0.2) is 31.9 Å². The highest BCUT2D eigenvalue weighted by Gasteiger charge is 2.12. The van der Waals surface area contributed by atoms with Crippen molar-refractivity contribution in [1.82, 2.24) is 20.2 Å². The van der Waals surface area contributed by atoms with Gasteiger partial charge >= 0.3 is 0 Å². The fourth-order valence-electron chi connectivity index (χ4n) is 2.89. The van der Waals surface area contributed by atoms with Gasteiger partial charge in [0.1, 0.15) is 0 Å². The first-order valence-electron chi connectivity index (χ1n) is 9.44. The van der Waals surface area contributed by atoms with Crippen molar-refractivity contribution in [2.24, 2.45) is 0 Å². The quantitative estimate of drug-likeness (QED) is 0.574. The highest BCUT2D eigenvalue weighted by molar-refractivity contribution is 7.99. The van der Waals surface area contributed by atoms with E-state index in [0.717, 1.165) is 23.4 Å². The first-order valence-corrected chi connectivity index (χ1v) is 10.4. The van der Waals surface area contributed by atoms with Gasteiger partial charge in [0, 0.05) is 5.69 Å². The van der Waals surface area contributed by atoms with Gasteiger partial charge in [0.05, 0.1) is 11.4 Å². The molecule has 1 amide bonds. The monoisotopic (exact) mass is 395 g/mol. The summed E-state index contributed by atoms with van der Waals surface area (Å²) in [6.07, 6.45) is 3.44. The summed E-state index contributed by atoms with van der Waals surface area (Å²) in [4.78, 5) is 12.3. The van der Waals surface area contributed by atoms with Crippen molar-refractivity contribution in [2.45, 2.75) is 45.2 Å². The van der Waals surface area contributed by atoms with E-state index in [-0.39, 0.29) is 11.7 Å². The Labute approximate surface area is 169 Å². The summed E-state index contributed by atoms with van der Waals surface area (Å²) in [7, 11) is 0. The second-order valence-electron chi connectivity index (χ2n) is 6.80. The van der Waals surface area contributed by atoms with Gasteiger partial charge in [-0.1, -0.05) is 54.9 Å². The second-order valence-corrected chi connectivity index (χ2v) is 7.74. The van der Waals surface area contributed by atoms with Gasteiger partial charge in [-0.15, -0.1) is 5.10 Å². The summed E-state index contributed by atoms with van der Waals surface area (Å²) in [5.74, 6) is 0.156. The smallest absolute Gasteiger partial charge is 0.234 e. The molecule has 0 atom stereocenters. The number of nitrogens with one attached hydrogen (secondary N) is 1.